The second-order valence-corrected chi connectivity index (χ2v) is 11.1. The van der Waals surface area contributed by atoms with E-state index >= 15 is 0 Å². The molecule has 1 aromatic heterocycles. The second-order valence-electron chi connectivity index (χ2n) is 7.99. The fraction of sp³-hybridized carbons (Fsp3) is 0.179. The number of hydrogen-bond donors (Lipinski definition) is 1. The first kappa shape index (κ1) is 28.8. The Morgan fingerprint density at radius 3 is 2.08 bits per heavy atom. The van der Waals surface area contributed by atoms with E-state index in [0.29, 0.717) is 38.8 Å². The Bertz CT molecular complexity index is 1380. The van der Waals surface area contributed by atoms with Gasteiger partial charge in [0.25, 0.3) is 5.91 Å². The molecule has 1 amide bonds. The van der Waals surface area contributed by atoms with Gasteiger partial charge in [-0.1, -0.05) is 70.9 Å². The highest BCUT2D eigenvalue weighted by atomic mass is 35.5. The van der Waals surface area contributed by atoms with E-state index in [4.69, 9.17) is 37.4 Å². The van der Waals surface area contributed by atoms with Gasteiger partial charge in [0.1, 0.15) is 24.7 Å². The molecule has 0 atom stereocenters. The number of esters is 1. The molecule has 0 fully saturated rings. The molecule has 0 aliphatic carbocycles. The lowest BCUT2D eigenvalue weighted by Gasteiger charge is -2.13. The number of carbonyl (C=O) groups is 2. The van der Waals surface area contributed by atoms with Crippen molar-refractivity contribution in [3.8, 4) is 11.5 Å². The van der Waals surface area contributed by atoms with Crippen molar-refractivity contribution in [3.05, 3.63) is 99.7 Å². The quantitative estimate of drug-likeness (QED) is 0.132. The standard InChI is InChI=1S/C28H24Cl2N2O5S2/c1-2-35-25(33)17-38-26-14-31-28(39-26)32-27(34)20-11-21(36-15-18-7-3-5-9-23(18)29)13-22(12-20)37-16-19-8-4-6-10-24(19)30/h3-14H,2,15-17H2,1H3,(H,31,32,34). The van der Waals surface area contributed by atoms with Crippen LogP contribution in [0.2, 0.25) is 10.0 Å². The Labute approximate surface area is 244 Å². The summed E-state index contributed by atoms with van der Waals surface area (Å²) >= 11 is 15.1. The molecule has 0 unspecified atom stereocenters. The molecule has 0 bridgehead atoms. The largest absolute Gasteiger partial charge is 0.489 e. The highest BCUT2D eigenvalue weighted by Crippen LogP contribution is 2.30. The van der Waals surface area contributed by atoms with E-state index in [2.05, 4.69) is 10.3 Å². The van der Waals surface area contributed by atoms with Crippen LogP contribution in [0.15, 0.2) is 77.1 Å². The molecule has 3 aromatic carbocycles. The number of thiazole rings is 1. The van der Waals surface area contributed by atoms with Crippen LogP contribution in [-0.4, -0.2) is 29.2 Å². The van der Waals surface area contributed by atoms with Gasteiger partial charge in [0, 0.05) is 32.8 Å². The first-order chi connectivity index (χ1) is 18.9. The first-order valence-corrected chi connectivity index (χ1v) is 14.4. The van der Waals surface area contributed by atoms with Crippen LogP contribution in [0.3, 0.4) is 0 Å². The minimum Gasteiger partial charge on any atom is -0.489 e. The summed E-state index contributed by atoms with van der Waals surface area (Å²) in [5.41, 5.74) is 1.93. The Morgan fingerprint density at radius 2 is 1.51 bits per heavy atom. The molecule has 7 nitrogen and oxygen atoms in total. The summed E-state index contributed by atoms with van der Waals surface area (Å²) in [5.74, 6) is 0.333. The van der Waals surface area contributed by atoms with E-state index in [1.54, 1.807) is 43.5 Å². The Kier molecular flexibility index (Phi) is 10.5. The highest BCUT2D eigenvalue weighted by Gasteiger charge is 2.15. The maximum absolute atomic E-state index is 13.2. The molecule has 39 heavy (non-hydrogen) atoms. The predicted octanol–water partition coefficient (Wildman–Crippen LogP) is 7.52. The molecule has 0 spiro atoms. The Morgan fingerprint density at radius 1 is 0.923 bits per heavy atom. The van der Waals surface area contributed by atoms with Crippen LogP contribution >= 0.6 is 46.3 Å². The highest BCUT2D eigenvalue weighted by molar-refractivity contribution is 8.01. The summed E-state index contributed by atoms with van der Waals surface area (Å²) in [6.07, 6.45) is 1.60. The fourth-order valence-corrected chi connectivity index (χ4v) is 5.35. The van der Waals surface area contributed by atoms with Gasteiger partial charge in [-0.3, -0.25) is 14.9 Å². The molecule has 0 radical (unpaired) electrons. The van der Waals surface area contributed by atoms with Gasteiger partial charge in [0.2, 0.25) is 0 Å². The lowest BCUT2D eigenvalue weighted by molar-refractivity contribution is -0.139. The van der Waals surface area contributed by atoms with Gasteiger partial charge < -0.3 is 14.2 Å². The van der Waals surface area contributed by atoms with E-state index in [0.717, 1.165) is 15.3 Å². The summed E-state index contributed by atoms with van der Waals surface area (Å²) in [6.45, 7) is 2.51. The number of hydrogen-bond acceptors (Lipinski definition) is 8. The van der Waals surface area contributed by atoms with Crippen LogP contribution in [0.4, 0.5) is 5.13 Å². The molecule has 1 N–H and O–H groups in total. The minimum atomic E-state index is -0.392. The monoisotopic (exact) mass is 602 g/mol. The smallest absolute Gasteiger partial charge is 0.316 e. The molecule has 4 rings (SSSR count). The number of rotatable bonds is 12. The maximum atomic E-state index is 13.2. The molecule has 202 valence electrons. The number of ether oxygens (including phenoxy) is 3. The van der Waals surface area contributed by atoms with E-state index in [1.807, 2.05) is 36.4 Å². The van der Waals surface area contributed by atoms with E-state index in [-0.39, 0.29) is 24.9 Å². The molecular weight excluding hydrogens is 579 g/mol. The lowest BCUT2D eigenvalue weighted by atomic mass is 10.2. The second kappa shape index (κ2) is 14.2. The van der Waals surface area contributed by atoms with Gasteiger partial charge in [-0.25, -0.2) is 4.98 Å². The minimum absolute atomic E-state index is 0.167. The molecule has 0 aliphatic heterocycles. The van der Waals surface area contributed by atoms with Crippen LogP contribution in [0.25, 0.3) is 0 Å². The van der Waals surface area contributed by atoms with Gasteiger partial charge in [-0.05, 0) is 31.2 Å². The molecule has 0 saturated heterocycles. The van der Waals surface area contributed by atoms with Crippen molar-refractivity contribution in [2.24, 2.45) is 0 Å². The van der Waals surface area contributed by atoms with Crippen molar-refractivity contribution in [3.63, 3.8) is 0 Å². The zero-order valence-electron chi connectivity index (χ0n) is 20.8. The van der Waals surface area contributed by atoms with Crippen molar-refractivity contribution in [2.75, 3.05) is 17.7 Å². The third-order valence-corrected chi connectivity index (χ3v) is 8.01. The number of thioether (sulfide) groups is 1. The topological polar surface area (TPSA) is 86.8 Å². The van der Waals surface area contributed by atoms with Crippen molar-refractivity contribution >= 4 is 63.3 Å². The predicted molar refractivity (Wildman–Crippen MR) is 155 cm³/mol. The zero-order chi connectivity index (χ0) is 27.6. The molecule has 0 saturated carbocycles. The summed E-state index contributed by atoms with van der Waals surface area (Å²) in [6, 6.07) is 19.7. The van der Waals surface area contributed by atoms with Crippen LogP contribution < -0.4 is 14.8 Å². The number of halogens is 2. The summed E-state index contributed by atoms with van der Waals surface area (Å²) in [7, 11) is 0. The molecular formula is C28H24Cl2N2O5S2. The number of carbonyl (C=O) groups excluding carboxylic acids is 2. The van der Waals surface area contributed by atoms with E-state index < -0.39 is 5.91 Å². The summed E-state index contributed by atoms with van der Waals surface area (Å²) in [4.78, 5) is 29.0. The average Bonchev–Trinajstić information content (AvgIpc) is 3.38. The SMILES string of the molecule is CCOC(=O)CSc1cnc(NC(=O)c2cc(OCc3ccccc3Cl)cc(OCc3ccccc3Cl)c2)s1. The molecule has 0 aliphatic rings. The van der Waals surface area contributed by atoms with Crippen molar-refractivity contribution in [2.45, 2.75) is 24.3 Å². The van der Waals surface area contributed by atoms with Gasteiger partial charge in [-0.15, -0.1) is 11.8 Å². The van der Waals surface area contributed by atoms with Crippen LogP contribution in [0, 0.1) is 0 Å². The van der Waals surface area contributed by atoms with Gasteiger partial charge in [-0.2, -0.15) is 0 Å². The van der Waals surface area contributed by atoms with Crippen LogP contribution in [0.5, 0.6) is 11.5 Å². The van der Waals surface area contributed by atoms with Crippen molar-refractivity contribution < 1.29 is 23.8 Å². The van der Waals surface area contributed by atoms with E-state index in [9.17, 15) is 9.59 Å². The number of nitrogens with one attached hydrogen (secondary N) is 1. The zero-order valence-corrected chi connectivity index (χ0v) is 24.0. The number of anilines is 1. The van der Waals surface area contributed by atoms with Crippen LogP contribution in [0.1, 0.15) is 28.4 Å². The maximum Gasteiger partial charge on any atom is 0.316 e. The molecule has 1 heterocycles. The van der Waals surface area contributed by atoms with Crippen molar-refractivity contribution in [1.29, 1.82) is 0 Å². The summed E-state index contributed by atoms with van der Waals surface area (Å²) < 4.78 is 17.7. The average molecular weight is 604 g/mol. The third kappa shape index (κ3) is 8.63. The first-order valence-electron chi connectivity index (χ1n) is 11.8. The van der Waals surface area contributed by atoms with Gasteiger partial charge >= 0.3 is 5.97 Å². The summed E-state index contributed by atoms with van der Waals surface area (Å²) in [5, 5.41) is 4.36. The Hall–Kier alpha value is -3.24. The lowest BCUT2D eigenvalue weighted by Crippen LogP contribution is -2.12. The van der Waals surface area contributed by atoms with Crippen LogP contribution in [-0.2, 0) is 22.7 Å². The molecule has 11 heteroatoms. The number of aromatic nitrogens is 1. The van der Waals surface area contributed by atoms with Gasteiger partial charge in [0.05, 0.1) is 22.8 Å². The fourth-order valence-electron chi connectivity index (χ4n) is 3.31. The molecule has 4 aromatic rings. The third-order valence-electron chi connectivity index (χ3n) is 5.19. The van der Waals surface area contributed by atoms with Crippen molar-refractivity contribution in [1.82, 2.24) is 4.98 Å². The van der Waals surface area contributed by atoms with E-state index in [1.165, 1.54) is 23.1 Å². The Balaban J connectivity index is 1.49. The number of amides is 1. The number of benzene rings is 3. The number of nitrogens with zero attached hydrogens (tertiary/aromatic N) is 1. The van der Waals surface area contributed by atoms with Gasteiger partial charge in [0.15, 0.2) is 5.13 Å². The normalized spacial score (nSPS) is 10.6.